The fourth-order valence-corrected chi connectivity index (χ4v) is 2.61. The molecule has 0 fully saturated rings. The number of benzene rings is 2. The zero-order chi connectivity index (χ0) is 14.1. The molecule has 0 saturated heterocycles. The first kappa shape index (κ1) is 12.6. The van der Waals surface area contributed by atoms with Crippen LogP contribution >= 0.6 is 0 Å². The topological polar surface area (TPSA) is 52.6 Å². The molecule has 20 heavy (non-hydrogen) atoms. The van der Waals surface area contributed by atoms with Crippen molar-refractivity contribution < 1.29 is 9.90 Å². The van der Waals surface area contributed by atoms with E-state index in [1.54, 1.807) is 12.1 Å². The van der Waals surface area contributed by atoms with Crippen molar-refractivity contribution in [2.45, 2.75) is 6.42 Å². The number of aromatic carboxylic acids is 1. The number of fused-ring (bicyclic) bond motifs is 1. The number of nitrogens with zero attached hydrogens (tertiary/aromatic N) is 1. The molecule has 0 aliphatic carbocycles. The quantitative estimate of drug-likeness (QED) is 0.836. The molecule has 2 aromatic carbocycles. The number of carboxylic acids is 1. The monoisotopic (exact) mass is 264 g/mol. The van der Waals surface area contributed by atoms with Crippen LogP contribution in [0.4, 0.5) is 17.1 Å². The van der Waals surface area contributed by atoms with Crippen LogP contribution in [0.25, 0.3) is 0 Å². The lowest BCUT2D eigenvalue weighted by Crippen LogP contribution is -2.14. The molecule has 0 spiro atoms. The van der Waals surface area contributed by atoms with Gasteiger partial charge in [0, 0.05) is 23.6 Å². The van der Waals surface area contributed by atoms with Crippen molar-refractivity contribution in [2.24, 2.45) is 0 Å². The number of hydrogen-bond donors (Lipinski definition) is 2. The van der Waals surface area contributed by atoms with Gasteiger partial charge in [-0.15, -0.1) is 0 Å². The second-order valence-corrected chi connectivity index (χ2v) is 4.71. The van der Waals surface area contributed by atoms with E-state index in [4.69, 9.17) is 13.1 Å². The highest BCUT2D eigenvalue weighted by Crippen LogP contribution is 2.35. The van der Waals surface area contributed by atoms with Crippen LogP contribution < -0.4 is 10.1 Å². The third kappa shape index (κ3) is 2.01. The number of carbonyl (C=O) groups is 1. The van der Waals surface area contributed by atoms with E-state index in [1.165, 1.54) is 11.3 Å². The second kappa shape index (κ2) is 4.92. The van der Waals surface area contributed by atoms with Crippen molar-refractivity contribution in [3.05, 3.63) is 53.6 Å². The van der Waals surface area contributed by atoms with Gasteiger partial charge in [-0.05, 0) is 36.2 Å². The van der Waals surface area contributed by atoms with Crippen LogP contribution in [-0.2, 0) is 6.42 Å². The lowest BCUT2D eigenvalue weighted by molar-refractivity contribution is 0.0698. The molecule has 0 atom stereocenters. The van der Waals surface area contributed by atoms with Crippen molar-refractivity contribution >= 4 is 31.0 Å². The summed E-state index contributed by atoms with van der Waals surface area (Å²) >= 11 is 0. The number of rotatable bonds is 3. The van der Waals surface area contributed by atoms with Gasteiger partial charge >= 0.3 is 5.97 Å². The Balaban J connectivity index is 2.02. The summed E-state index contributed by atoms with van der Waals surface area (Å²) in [4.78, 5) is 13.3. The molecule has 0 unspecified atom stereocenters. The Morgan fingerprint density at radius 3 is 2.80 bits per heavy atom. The first-order chi connectivity index (χ1) is 9.70. The Bertz CT molecular complexity index is 673. The van der Waals surface area contributed by atoms with E-state index in [9.17, 15) is 4.79 Å². The summed E-state index contributed by atoms with van der Waals surface area (Å²) < 4.78 is 0. The molecule has 0 bridgehead atoms. The highest BCUT2D eigenvalue weighted by Gasteiger charge is 2.21. The zero-order valence-electron chi connectivity index (χ0n) is 10.8. The van der Waals surface area contributed by atoms with Gasteiger partial charge in [-0.2, -0.15) is 0 Å². The standard InChI is InChI=1S/C15H13BN2O2/c16-17-13-9-11(5-6-12(13)15(19)20)18-8-7-10-3-1-2-4-14(10)18/h1-6,9,17H,7-8H2,(H,19,20). The van der Waals surface area contributed by atoms with Crippen LogP contribution in [0, 0.1) is 0 Å². The Labute approximate surface area is 118 Å². The average Bonchev–Trinajstić information content (AvgIpc) is 2.90. The average molecular weight is 264 g/mol. The van der Waals surface area contributed by atoms with Crippen molar-refractivity contribution in [2.75, 3.05) is 16.7 Å². The van der Waals surface area contributed by atoms with Gasteiger partial charge in [-0.3, -0.25) is 0 Å². The molecule has 1 aliphatic heterocycles. The Morgan fingerprint density at radius 2 is 2.05 bits per heavy atom. The molecule has 98 valence electrons. The molecule has 5 heteroatoms. The molecule has 1 heterocycles. The van der Waals surface area contributed by atoms with Crippen LogP contribution in [-0.4, -0.2) is 25.6 Å². The first-order valence-corrected chi connectivity index (χ1v) is 6.40. The minimum absolute atomic E-state index is 0.170. The summed E-state index contributed by atoms with van der Waals surface area (Å²) in [5.41, 5.74) is 3.99. The maximum Gasteiger partial charge on any atom is 0.337 e. The van der Waals surface area contributed by atoms with Gasteiger partial charge in [-0.1, -0.05) is 18.2 Å². The molecule has 4 nitrogen and oxygen atoms in total. The predicted molar refractivity (Wildman–Crippen MR) is 79.9 cm³/mol. The molecule has 2 radical (unpaired) electrons. The molecule has 3 rings (SSSR count). The van der Waals surface area contributed by atoms with E-state index >= 15 is 0 Å². The third-order valence-electron chi connectivity index (χ3n) is 3.59. The molecule has 0 saturated carbocycles. The van der Waals surface area contributed by atoms with Gasteiger partial charge in [0.05, 0.1) is 5.56 Å². The number of hydrogen-bond acceptors (Lipinski definition) is 3. The SMILES string of the molecule is [B]Nc1cc(N2CCc3ccccc32)ccc1C(=O)O. The van der Waals surface area contributed by atoms with Gasteiger partial charge in [-0.25, -0.2) is 4.79 Å². The van der Waals surface area contributed by atoms with Crippen LogP contribution in [0.15, 0.2) is 42.5 Å². The number of anilines is 3. The third-order valence-corrected chi connectivity index (χ3v) is 3.59. The maximum atomic E-state index is 11.1. The molecule has 1 aliphatic rings. The van der Waals surface area contributed by atoms with Gasteiger partial charge in [0.15, 0.2) is 0 Å². The lowest BCUT2D eigenvalue weighted by Gasteiger charge is -2.21. The minimum Gasteiger partial charge on any atom is -0.478 e. The molecule has 2 N–H and O–H groups in total. The van der Waals surface area contributed by atoms with Crippen molar-refractivity contribution in [3.63, 3.8) is 0 Å². The lowest BCUT2D eigenvalue weighted by atomic mass is 10.1. The summed E-state index contributed by atoms with van der Waals surface area (Å²) in [6, 6.07) is 13.4. The highest BCUT2D eigenvalue weighted by molar-refractivity contribution is 6.18. The van der Waals surface area contributed by atoms with Crippen molar-refractivity contribution in [1.82, 2.24) is 0 Å². The van der Waals surface area contributed by atoms with Crippen LogP contribution in [0.5, 0.6) is 0 Å². The summed E-state index contributed by atoms with van der Waals surface area (Å²) in [5, 5.41) is 11.6. The van der Waals surface area contributed by atoms with Crippen LogP contribution in [0.2, 0.25) is 0 Å². The van der Waals surface area contributed by atoms with E-state index in [-0.39, 0.29) is 5.56 Å². The smallest absolute Gasteiger partial charge is 0.337 e. The maximum absolute atomic E-state index is 11.1. The molecular formula is C15H13BN2O2. The van der Waals surface area contributed by atoms with Crippen molar-refractivity contribution in [1.29, 1.82) is 0 Å². The zero-order valence-corrected chi connectivity index (χ0v) is 10.8. The van der Waals surface area contributed by atoms with Crippen LogP contribution in [0.3, 0.4) is 0 Å². The molecular weight excluding hydrogens is 251 g/mol. The number of para-hydroxylation sites is 1. The summed E-state index contributed by atoms with van der Waals surface area (Å²) in [7, 11) is 5.42. The van der Waals surface area contributed by atoms with E-state index < -0.39 is 5.97 Å². The number of nitrogens with one attached hydrogen (secondary N) is 1. The molecule has 2 aromatic rings. The molecule has 0 aromatic heterocycles. The van der Waals surface area contributed by atoms with Gasteiger partial charge in [0.25, 0.3) is 0 Å². The highest BCUT2D eigenvalue weighted by atomic mass is 16.4. The van der Waals surface area contributed by atoms with E-state index in [0.29, 0.717) is 5.69 Å². The first-order valence-electron chi connectivity index (χ1n) is 6.40. The Morgan fingerprint density at radius 1 is 1.25 bits per heavy atom. The fraction of sp³-hybridized carbons (Fsp3) is 0.133. The van der Waals surface area contributed by atoms with Crippen molar-refractivity contribution in [3.8, 4) is 0 Å². The second-order valence-electron chi connectivity index (χ2n) is 4.71. The predicted octanol–water partition coefficient (Wildman–Crippen LogP) is 2.57. The largest absolute Gasteiger partial charge is 0.478 e. The van der Waals surface area contributed by atoms with E-state index in [1.807, 2.05) is 18.2 Å². The van der Waals surface area contributed by atoms with Crippen LogP contribution in [0.1, 0.15) is 15.9 Å². The molecule has 0 amide bonds. The summed E-state index contributed by atoms with van der Waals surface area (Å²) in [6.07, 6.45) is 0.988. The van der Waals surface area contributed by atoms with E-state index in [2.05, 4.69) is 22.3 Å². The fourth-order valence-electron chi connectivity index (χ4n) is 2.61. The minimum atomic E-state index is -0.994. The summed E-state index contributed by atoms with van der Waals surface area (Å²) in [6.45, 7) is 0.885. The van der Waals surface area contributed by atoms with Gasteiger partial charge < -0.3 is 15.2 Å². The Hall–Kier alpha value is -2.43. The number of carboxylic acid groups (broad SMARTS) is 1. The Kier molecular flexibility index (Phi) is 3.10. The van der Waals surface area contributed by atoms with Gasteiger partial charge in [0.1, 0.15) is 0 Å². The summed E-state index contributed by atoms with van der Waals surface area (Å²) in [5.74, 6) is -0.994. The van der Waals surface area contributed by atoms with E-state index in [0.717, 1.165) is 18.7 Å². The van der Waals surface area contributed by atoms with Gasteiger partial charge in [0.2, 0.25) is 7.98 Å². The normalized spacial score (nSPS) is 13.1.